The van der Waals surface area contributed by atoms with E-state index < -0.39 is 48.4 Å². The number of nitrogens with zero attached hydrogens (tertiary/aromatic N) is 2. The predicted molar refractivity (Wildman–Crippen MR) is 172 cm³/mol. The van der Waals surface area contributed by atoms with Crippen molar-refractivity contribution in [3.05, 3.63) is 155 Å². The van der Waals surface area contributed by atoms with Crippen molar-refractivity contribution < 1.29 is 32.0 Å². The first-order chi connectivity index (χ1) is 21.3. The van der Waals surface area contributed by atoms with Gasteiger partial charge in [-0.3, -0.25) is 0 Å². The van der Waals surface area contributed by atoms with Crippen LogP contribution in [0.1, 0.15) is 21.5 Å². The molecule has 1 heterocycles. The van der Waals surface area contributed by atoms with Gasteiger partial charge in [-0.15, -0.1) is 0 Å². The molecule has 3 aromatic rings. The minimum atomic E-state index is -2.71. The lowest BCUT2D eigenvalue weighted by Gasteiger charge is -2.38. The van der Waals surface area contributed by atoms with Crippen molar-refractivity contribution in [2.24, 2.45) is 0 Å². The fourth-order valence-electron chi connectivity index (χ4n) is 5.96. The fraction of sp³-hybridized carbons (Fsp3) is 0.111. The molecule has 4 nitrogen and oxygen atoms in total. The Morgan fingerprint density at radius 3 is 2.22 bits per heavy atom. The Labute approximate surface area is 260 Å². The Hall–Kier alpha value is -5.02. The SMILES string of the molecule is C=C/C=C(\C=C)[N+](C)=C1C=CC2=C(c3c(F)c(F)c(F)c(F)c3C(=O)[O-])c3ccc(N(C)c4ccccc4)cc3[Si](C)(C)C2=C1. The molecule has 0 aromatic heterocycles. The van der Waals surface area contributed by atoms with Crippen LogP contribution in [0.15, 0.2) is 115 Å². The molecule has 228 valence electrons. The zero-order valence-electron chi connectivity index (χ0n) is 25.2. The average molecular weight is 627 g/mol. The van der Waals surface area contributed by atoms with E-state index in [1.807, 2.05) is 66.0 Å². The molecule has 5 rings (SSSR count). The van der Waals surface area contributed by atoms with Gasteiger partial charge in [0.25, 0.3) is 0 Å². The number of fused-ring (bicyclic) bond motifs is 2. The van der Waals surface area contributed by atoms with Crippen LogP contribution in [0.4, 0.5) is 28.9 Å². The Morgan fingerprint density at radius 2 is 1.60 bits per heavy atom. The number of para-hydroxylation sites is 1. The molecule has 0 spiro atoms. The summed E-state index contributed by atoms with van der Waals surface area (Å²) in [5.74, 6) is -10.3. The van der Waals surface area contributed by atoms with Gasteiger partial charge in [0.1, 0.15) is 15.1 Å². The molecule has 0 fully saturated rings. The monoisotopic (exact) mass is 626 g/mol. The largest absolute Gasteiger partial charge is 0.545 e. The van der Waals surface area contributed by atoms with Crippen LogP contribution in [0.2, 0.25) is 13.1 Å². The van der Waals surface area contributed by atoms with Gasteiger partial charge in [0.2, 0.25) is 11.4 Å². The maximum absolute atomic E-state index is 15.8. The first-order valence-corrected chi connectivity index (χ1v) is 17.1. The van der Waals surface area contributed by atoms with Crippen LogP contribution >= 0.6 is 0 Å². The quantitative estimate of drug-likeness (QED) is 0.0754. The number of allylic oxidation sites excluding steroid dienone is 8. The third-order valence-corrected chi connectivity index (χ3v) is 11.9. The lowest BCUT2D eigenvalue weighted by Crippen LogP contribution is -2.50. The highest BCUT2D eigenvalue weighted by molar-refractivity contribution is 6.98. The number of carbonyl (C=O) groups excluding carboxylic acids is 1. The molecular formula is C36H30F4N2O2Si. The molecule has 0 amide bonds. The van der Waals surface area contributed by atoms with E-state index in [9.17, 15) is 18.7 Å². The number of likely N-dealkylation sites (N-methyl/N-ethyl adjacent to an activating group) is 1. The van der Waals surface area contributed by atoms with Crippen molar-refractivity contribution in [3.8, 4) is 0 Å². The molecule has 9 heteroatoms. The second-order valence-corrected chi connectivity index (χ2v) is 15.6. The van der Waals surface area contributed by atoms with Gasteiger partial charge in [0.05, 0.1) is 5.97 Å². The van der Waals surface area contributed by atoms with E-state index in [0.29, 0.717) is 11.1 Å². The molecule has 2 aliphatic rings. The van der Waals surface area contributed by atoms with Crippen molar-refractivity contribution in [1.82, 2.24) is 0 Å². The summed E-state index contributed by atoms with van der Waals surface area (Å²) in [5, 5.41) is 13.7. The number of halogens is 4. The van der Waals surface area contributed by atoms with Crippen LogP contribution in [0, 0.1) is 23.3 Å². The van der Waals surface area contributed by atoms with E-state index in [0.717, 1.165) is 33.2 Å². The van der Waals surface area contributed by atoms with Crippen LogP contribution < -0.4 is 15.2 Å². The topological polar surface area (TPSA) is 46.4 Å². The van der Waals surface area contributed by atoms with Gasteiger partial charge in [-0.1, -0.05) is 56.6 Å². The molecule has 1 aliphatic heterocycles. The normalized spacial score (nSPS) is 16.4. The third kappa shape index (κ3) is 5.12. The van der Waals surface area contributed by atoms with E-state index in [4.69, 9.17) is 0 Å². The number of carboxylic acid groups (broad SMARTS) is 1. The number of hydrogen-bond donors (Lipinski definition) is 0. The molecule has 0 N–H and O–H groups in total. The summed E-state index contributed by atoms with van der Waals surface area (Å²) >= 11 is 0. The van der Waals surface area contributed by atoms with E-state index in [2.05, 4.69) is 26.3 Å². The van der Waals surface area contributed by atoms with Crippen molar-refractivity contribution in [2.45, 2.75) is 13.1 Å². The summed E-state index contributed by atoms with van der Waals surface area (Å²) in [6.45, 7) is 11.8. The standard InChI is InChI=1S/C36H30F4N2O2Si/c1-7-12-21(8-2)41(3)23-15-17-25-27(19-23)45(5,6)28-20-24(42(4)22-13-10-9-11-14-22)16-18-26(28)29(25)30-31(36(43)44)33(38)35(40)34(39)32(30)37/h7-20H,1-2H2,3-6H3/b21-12+. The number of rotatable bonds is 7. The van der Waals surface area contributed by atoms with Gasteiger partial charge in [-0.2, -0.15) is 4.58 Å². The van der Waals surface area contributed by atoms with E-state index >= 15 is 8.78 Å². The van der Waals surface area contributed by atoms with E-state index in [1.54, 1.807) is 42.5 Å². The highest BCUT2D eigenvalue weighted by Crippen LogP contribution is 2.44. The predicted octanol–water partition coefficient (Wildman–Crippen LogP) is 6.48. The number of carbonyl (C=O) groups is 1. The van der Waals surface area contributed by atoms with Crippen LogP contribution in [0.5, 0.6) is 0 Å². The van der Waals surface area contributed by atoms with Crippen LogP contribution in [-0.2, 0) is 0 Å². The summed E-state index contributed by atoms with van der Waals surface area (Å²) < 4.78 is 62.0. The van der Waals surface area contributed by atoms with Crippen LogP contribution in [0.3, 0.4) is 0 Å². The number of aromatic carboxylic acids is 1. The van der Waals surface area contributed by atoms with Gasteiger partial charge >= 0.3 is 0 Å². The van der Waals surface area contributed by atoms with Crippen molar-refractivity contribution in [2.75, 3.05) is 19.0 Å². The molecule has 0 saturated carbocycles. The van der Waals surface area contributed by atoms with Crippen LogP contribution in [-0.4, -0.2) is 38.4 Å². The van der Waals surface area contributed by atoms with E-state index in [1.165, 1.54) is 0 Å². The number of hydrogen-bond acceptors (Lipinski definition) is 3. The number of anilines is 2. The maximum atomic E-state index is 15.8. The smallest absolute Gasteiger partial charge is 0.205 e. The Morgan fingerprint density at radius 1 is 0.933 bits per heavy atom. The Balaban J connectivity index is 1.90. The second-order valence-electron chi connectivity index (χ2n) is 11.2. The molecule has 0 saturated heterocycles. The summed E-state index contributed by atoms with van der Waals surface area (Å²) in [7, 11) is 1.01. The molecule has 1 aliphatic carbocycles. The molecule has 0 bridgehead atoms. The highest BCUT2D eigenvalue weighted by Gasteiger charge is 2.42. The molecule has 0 atom stereocenters. The molecule has 3 aromatic carbocycles. The van der Waals surface area contributed by atoms with Crippen molar-refractivity contribution in [3.63, 3.8) is 0 Å². The third-order valence-electron chi connectivity index (χ3n) is 8.42. The first kappa shape index (κ1) is 31.4. The molecule has 0 unspecified atom stereocenters. The van der Waals surface area contributed by atoms with Gasteiger partial charge in [-0.25, -0.2) is 17.6 Å². The summed E-state index contributed by atoms with van der Waals surface area (Å²) in [4.78, 5) is 14.2. The molecule has 0 radical (unpaired) electrons. The average Bonchev–Trinajstić information content (AvgIpc) is 3.04. The Kier molecular flexibility index (Phi) is 8.25. The van der Waals surface area contributed by atoms with Gasteiger partial charge in [-0.05, 0) is 57.4 Å². The summed E-state index contributed by atoms with van der Waals surface area (Å²) in [6.07, 6.45) is 10.4. The first-order valence-electron chi connectivity index (χ1n) is 14.1. The summed E-state index contributed by atoms with van der Waals surface area (Å²) in [6, 6.07) is 15.0. The molecule has 45 heavy (non-hydrogen) atoms. The van der Waals surface area contributed by atoms with E-state index in [-0.39, 0.29) is 5.57 Å². The lowest BCUT2D eigenvalue weighted by molar-refractivity contribution is -0.436. The Bertz CT molecular complexity index is 1950. The van der Waals surface area contributed by atoms with Crippen molar-refractivity contribution >= 4 is 41.9 Å². The number of benzene rings is 3. The minimum absolute atomic E-state index is 0.0602. The van der Waals surface area contributed by atoms with Gasteiger partial charge in [0, 0.05) is 53.9 Å². The maximum Gasteiger partial charge on any atom is 0.205 e. The zero-order chi connectivity index (χ0) is 32.8. The van der Waals surface area contributed by atoms with Gasteiger partial charge < -0.3 is 14.8 Å². The van der Waals surface area contributed by atoms with Gasteiger partial charge in [0.15, 0.2) is 23.3 Å². The highest BCUT2D eigenvalue weighted by atomic mass is 28.3. The van der Waals surface area contributed by atoms with Crippen molar-refractivity contribution in [1.29, 1.82) is 0 Å². The zero-order valence-corrected chi connectivity index (χ0v) is 26.2. The second kappa shape index (κ2) is 11.8. The minimum Gasteiger partial charge on any atom is -0.545 e. The lowest BCUT2D eigenvalue weighted by atomic mass is 9.86. The summed E-state index contributed by atoms with van der Waals surface area (Å²) in [5.41, 5.74) is 1.61. The fourth-order valence-corrected chi connectivity index (χ4v) is 9.03. The molecular weight excluding hydrogens is 596 g/mol. The van der Waals surface area contributed by atoms with Crippen LogP contribution in [0.25, 0.3) is 5.57 Å². The number of carboxylic acids is 1.